The molecule has 6 nitrogen and oxygen atoms in total. The van der Waals surface area contributed by atoms with Crippen LogP contribution in [0.3, 0.4) is 0 Å². The second kappa shape index (κ2) is 6.25. The third kappa shape index (κ3) is 2.65. The van der Waals surface area contributed by atoms with Crippen LogP contribution in [0, 0.1) is 17.2 Å². The van der Waals surface area contributed by atoms with Crippen LogP contribution in [0.1, 0.15) is 32.4 Å². The largest absolute Gasteiger partial charge is 0.393 e. The lowest BCUT2D eigenvalue weighted by atomic mass is 9.88. The lowest BCUT2D eigenvalue weighted by molar-refractivity contribution is 0.0734. The molecule has 0 bridgehead atoms. The van der Waals surface area contributed by atoms with Crippen LogP contribution in [0.15, 0.2) is 23.0 Å². The Labute approximate surface area is 141 Å². The number of anilines is 1. The van der Waals surface area contributed by atoms with Crippen molar-refractivity contribution in [1.82, 2.24) is 9.55 Å². The zero-order valence-corrected chi connectivity index (χ0v) is 14.2. The molecule has 24 heavy (non-hydrogen) atoms. The summed E-state index contributed by atoms with van der Waals surface area (Å²) in [7, 11) is 1.71. The Morgan fingerprint density at radius 2 is 2.21 bits per heavy atom. The van der Waals surface area contributed by atoms with Crippen molar-refractivity contribution < 1.29 is 5.11 Å². The van der Waals surface area contributed by atoms with E-state index in [1.54, 1.807) is 29.8 Å². The van der Waals surface area contributed by atoms with E-state index in [9.17, 15) is 9.90 Å². The molecule has 0 unspecified atom stereocenters. The fraction of sp³-hybridized carbons (Fsp3) is 0.500. The summed E-state index contributed by atoms with van der Waals surface area (Å²) >= 11 is 0. The highest BCUT2D eigenvalue weighted by molar-refractivity contribution is 5.88. The predicted octanol–water partition coefficient (Wildman–Crippen LogP) is 1.79. The first-order valence-electron chi connectivity index (χ1n) is 8.31. The Morgan fingerprint density at radius 1 is 1.46 bits per heavy atom. The maximum Gasteiger partial charge on any atom is 0.252 e. The molecule has 1 aliphatic rings. The zero-order chi connectivity index (χ0) is 17.4. The highest BCUT2D eigenvalue weighted by Gasteiger charge is 2.32. The maximum atomic E-state index is 12.4. The highest BCUT2D eigenvalue weighted by atomic mass is 16.3. The van der Waals surface area contributed by atoms with Gasteiger partial charge in [-0.3, -0.25) is 4.79 Å². The molecule has 1 saturated heterocycles. The number of fused-ring (bicyclic) bond motifs is 1. The second-order valence-corrected chi connectivity index (χ2v) is 6.58. The first-order chi connectivity index (χ1) is 11.5. The minimum Gasteiger partial charge on any atom is -0.393 e. The molecule has 126 valence electrons. The van der Waals surface area contributed by atoms with Crippen molar-refractivity contribution in [3.8, 4) is 6.07 Å². The van der Waals surface area contributed by atoms with Gasteiger partial charge in [-0.1, -0.05) is 6.92 Å². The molecular formula is C18H22N4O2. The number of aryl methyl sites for hydroxylation is 1. The summed E-state index contributed by atoms with van der Waals surface area (Å²) in [5, 5.41) is 19.4. The van der Waals surface area contributed by atoms with Crippen molar-refractivity contribution in [2.24, 2.45) is 13.0 Å². The van der Waals surface area contributed by atoms with Crippen molar-refractivity contribution in [2.75, 3.05) is 11.4 Å². The van der Waals surface area contributed by atoms with Crippen LogP contribution in [0.2, 0.25) is 0 Å². The van der Waals surface area contributed by atoms with Crippen LogP contribution in [0.25, 0.3) is 11.0 Å². The third-order valence-electron chi connectivity index (χ3n) is 5.11. The Bertz CT molecular complexity index is 868. The Kier molecular flexibility index (Phi) is 4.29. The quantitative estimate of drug-likeness (QED) is 0.910. The molecule has 0 aromatic carbocycles. The SMILES string of the molecule is CC[C@@H]1CN(c2cc(=O)n(C)c3ccc(C#N)nc23)[C@H](C)C[C@H]1O. The van der Waals surface area contributed by atoms with Gasteiger partial charge in [-0.2, -0.15) is 5.26 Å². The number of pyridine rings is 2. The van der Waals surface area contributed by atoms with Gasteiger partial charge in [0.05, 0.1) is 17.3 Å². The standard InChI is InChI=1S/C18H22N4O2/c1-4-12-10-22(11(2)7-16(12)23)15-8-17(24)21(3)14-6-5-13(9-19)20-18(14)15/h5-6,8,11-12,16,23H,4,7,10H2,1-3H3/t11-,12-,16-/m1/s1. The van der Waals surface area contributed by atoms with E-state index in [2.05, 4.69) is 22.9 Å². The number of nitriles is 1. The summed E-state index contributed by atoms with van der Waals surface area (Å²) in [6.45, 7) is 4.79. The fourth-order valence-corrected chi connectivity index (χ4v) is 3.55. The number of rotatable bonds is 2. The summed E-state index contributed by atoms with van der Waals surface area (Å²) in [5.74, 6) is 0.166. The van der Waals surface area contributed by atoms with E-state index in [4.69, 9.17) is 5.26 Å². The summed E-state index contributed by atoms with van der Waals surface area (Å²) in [6, 6.07) is 7.16. The van der Waals surface area contributed by atoms with Crippen LogP contribution in [0.4, 0.5) is 5.69 Å². The molecule has 0 spiro atoms. The van der Waals surface area contributed by atoms with Crippen molar-refractivity contribution >= 4 is 16.7 Å². The molecule has 0 radical (unpaired) electrons. The van der Waals surface area contributed by atoms with Gasteiger partial charge in [0.2, 0.25) is 0 Å². The van der Waals surface area contributed by atoms with Gasteiger partial charge < -0.3 is 14.6 Å². The summed E-state index contributed by atoms with van der Waals surface area (Å²) in [5.41, 5.74) is 2.36. The molecule has 1 N–H and O–H groups in total. The lowest BCUT2D eigenvalue weighted by Gasteiger charge is -2.42. The van der Waals surface area contributed by atoms with Crippen molar-refractivity contribution in [1.29, 1.82) is 5.26 Å². The molecule has 0 saturated carbocycles. The van der Waals surface area contributed by atoms with E-state index in [1.165, 1.54) is 0 Å². The third-order valence-corrected chi connectivity index (χ3v) is 5.11. The molecule has 1 aliphatic heterocycles. The molecule has 6 heteroatoms. The number of piperidine rings is 1. The van der Waals surface area contributed by atoms with Crippen molar-refractivity contribution in [3.63, 3.8) is 0 Å². The summed E-state index contributed by atoms with van der Waals surface area (Å²) in [6.07, 6.45) is 1.22. The topological polar surface area (TPSA) is 82.2 Å². The number of hydrogen-bond acceptors (Lipinski definition) is 5. The van der Waals surface area contributed by atoms with Gasteiger partial charge in [-0.05, 0) is 31.9 Å². The lowest BCUT2D eigenvalue weighted by Crippen LogP contribution is -2.48. The minimum atomic E-state index is -0.318. The number of aliphatic hydroxyl groups excluding tert-OH is 1. The van der Waals surface area contributed by atoms with E-state index in [0.29, 0.717) is 29.7 Å². The number of aliphatic hydroxyl groups is 1. The monoisotopic (exact) mass is 326 g/mol. The first kappa shape index (κ1) is 16.5. The molecule has 2 aromatic rings. The maximum absolute atomic E-state index is 12.4. The first-order valence-corrected chi connectivity index (χ1v) is 8.31. The van der Waals surface area contributed by atoms with Crippen LogP contribution < -0.4 is 10.5 Å². The Morgan fingerprint density at radius 3 is 2.88 bits per heavy atom. The average Bonchev–Trinajstić information content (AvgIpc) is 2.58. The van der Waals surface area contributed by atoms with Crippen LogP contribution in [-0.2, 0) is 7.05 Å². The molecular weight excluding hydrogens is 304 g/mol. The van der Waals surface area contributed by atoms with Crippen molar-refractivity contribution in [2.45, 2.75) is 38.8 Å². The van der Waals surface area contributed by atoms with Crippen LogP contribution in [0.5, 0.6) is 0 Å². The second-order valence-electron chi connectivity index (χ2n) is 6.58. The molecule has 3 atom stereocenters. The van der Waals surface area contributed by atoms with E-state index in [1.807, 2.05) is 6.92 Å². The fourth-order valence-electron chi connectivity index (χ4n) is 3.55. The molecule has 2 aromatic heterocycles. The molecule has 0 aliphatic carbocycles. The number of aromatic nitrogens is 2. The van der Waals surface area contributed by atoms with Gasteiger partial charge in [0.15, 0.2) is 0 Å². The van der Waals surface area contributed by atoms with E-state index >= 15 is 0 Å². The van der Waals surface area contributed by atoms with Gasteiger partial charge in [0, 0.05) is 31.6 Å². The minimum absolute atomic E-state index is 0.102. The van der Waals surface area contributed by atoms with Gasteiger partial charge in [0.25, 0.3) is 5.56 Å². The smallest absolute Gasteiger partial charge is 0.252 e. The normalized spacial score (nSPS) is 24.1. The van der Waals surface area contributed by atoms with Gasteiger partial charge in [-0.25, -0.2) is 4.98 Å². The highest BCUT2D eigenvalue weighted by Crippen LogP contribution is 2.32. The molecule has 3 rings (SSSR count). The molecule has 3 heterocycles. The van der Waals surface area contributed by atoms with Gasteiger partial charge >= 0.3 is 0 Å². The van der Waals surface area contributed by atoms with E-state index in [-0.39, 0.29) is 23.6 Å². The number of hydrogen-bond donors (Lipinski definition) is 1. The van der Waals surface area contributed by atoms with Crippen LogP contribution in [-0.4, -0.2) is 33.3 Å². The van der Waals surface area contributed by atoms with Crippen molar-refractivity contribution in [3.05, 3.63) is 34.2 Å². The molecule has 0 amide bonds. The Balaban J connectivity index is 2.20. The van der Waals surface area contributed by atoms with E-state index < -0.39 is 0 Å². The Hall–Kier alpha value is -2.39. The summed E-state index contributed by atoms with van der Waals surface area (Å²) < 4.78 is 1.55. The number of nitrogens with zero attached hydrogens (tertiary/aromatic N) is 4. The average molecular weight is 326 g/mol. The van der Waals surface area contributed by atoms with E-state index in [0.717, 1.165) is 12.1 Å². The zero-order valence-electron chi connectivity index (χ0n) is 14.2. The van der Waals surface area contributed by atoms with Gasteiger partial charge in [0.1, 0.15) is 17.3 Å². The molecule has 1 fully saturated rings. The summed E-state index contributed by atoms with van der Waals surface area (Å²) in [4.78, 5) is 19.0. The van der Waals surface area contributed by atoms with Crippen LogP contribution >= 0.6 is 0 Å². The predicted molar refractivity (Wildman–Crippen MR) is 92.9 cm³/mol. The van der Waals surface area contributed by atoms with Gasteiger partial charge in [-0.15, -0.1) is 0 Å².